The Morgan fingerprint density at radius 2 is 2.08 bits per heavy atom. The molecule has 2 heterocycles. The molecule has 0 aliphatic carbocycles. The van der Waals surface area contributed by atoms with E-state index in [4.69, 9.17) is 9.15 Å². The number of non-ortho nitro benzene ring substituents is 1. The van der Waals surface area contributed by atoms with E-state index in [-0.39, 0.29) is 11.3 Å². The molecule has 2 aromatic rings. The molecule has 0 bridgehead atoms. The lowest BCUT2D eigenvalue weighted by atomic mass is 10.2. The third kappa shape index (κ3) is 4.21. The number of nitrogens with one attached hydrogen (secondary N) is 1. The molecule has 0 radical (unpaired) electrons. The summed E-state index contributed by atoms with van der Waals surface area (Å²) < 4.78 is 10.9. The Morgan fingerprint density at radius 1 is 1.28 bits per heavy atom. The summed E-state index contributed by atoms with van der Waals surface area (Å²) in [6.45, 7) is 2.83. The van der Waals surface area contributed by atoms with Crippen molar-refractivity contribution in [3.63, 3.8) is 0 Å². The van der Waals surface area contributed by atoms with Crippen molar-refractivity contribution in [3.8, 4) is 0 Å². The van der Waals surface area contributed by atoms with E-state index in [1.54, 1.807) is 6.07 Å². The van der Waals surface area contributed by atoms with Gasteiger partial charge in [-0.2, -0.15) is 5.10 Å². The van der Waals surface area contributed by atoms with Crippen molar-refractivity contribution in [2.45, 2.75) is 0 Å². The van der Waals surface area contributed by atoms with Crippen molar-refractivity contribution in [1.82, 2.24) is 5.43 Å². The van der Waals surface area contributed by atoms with E-state index in [9.17, 15) is 14.9 Å². The Hall–Kier alpha value is -3.20. The molecule has 9 heteroatoms. The number of morpholine rings is 1. The second-order valence-electron chi connectivity index (χ2n) is 5.28. The molecule has 1 aliphatic rings. The van der Waals surface area contributed by atoms with Crippen molar-refractivity contribution in [2.75, 3.05) is 31.2 Å². The Bertz CT molecular complexity index is 795. The van der Waals surface area contributed by atoms with Gasteiger partial charge >= 0.3 is 0 Å². The van der Waals surface area contributed by atoms with Gasteiger partial charge in [-0.05, 0) is 12.1 Å². The molecule has 3 rings (SSSR count). The zero-order chi connectivity index (χ0) is 17.6. The molecule has 1 N–H and O–H groups in total. The minimum Gasteiger partial charge on any atom is -0.440 e. The third-order valence-electron chi connectivity index (χ3n) is 3.61. The van der Waals surface area contributed by atoms with Crippen molar-refractivity contribution >= 4 is 23.7 Å². The van der Waals surface area contributed by atoms with Gasteiger partial charge in [-0.3, -0.25) is 14.9 Å². The number of hydrazone groups is 1. The number of benzene rings is 1. The van der Waals surface area contributed by atoms with Gasteiger partial charge in [0.1, 0.15) is 5.76 Å². The summed E-state index contributed by atoms with van der Waals surface area (Å²) in [5.74, 6) is 0.663. The largest absolute Gasteiger partial charge is 0.440 e. The third-order valence-corrected chi connectivity index (χ3v) is 3.61. The maximum Gasteiger partial charge on any atom is 0.271 e. The maximum absolute atomic E-state index is 12.0. The Morgan fingerprint density at radius 3 is 2.84 bits per heavy atom. The van der Waals surface area contributed by atoms with Gasteiger partial charge in [0.15, 0.2) is 5.88 Å². The summed E-state index contributed by atoms with van der Waals surface area (Å²) in [7, 11) is 0. The van der Waals surface area contributed by atoms with Crippen LogP contribution < -0.4 is 10.3 Å². The molecule has 25 heavy (non-hydrogen) atoms. The molecule has 0 unspecified atom stereocenters. The van der Waals surface area contributed by atoms with E-state index in [1.807, 2.05) is 6.07 Å². The van der Waals surface area contributed by atoms with E-state index < -0.39 is 10.8 Å². The Labute approximate surface area is 143 Å². The maximum atomic E-state index is 12.0. The van der Waals surface area contributed by atoms with Gasteiger partial charge in [-0.1, -0.05) is 6.07 Å². The number of nitro groups is 1. The number of hydrogen-bond acceptors (Lipinski definition) is 7. The number of furan rings is 1. The lowest BCUT2D eigenvalue weighted by Gasteiger charge is -2.26. The normalized spacial score (nSPS) is 14.6. The topological polar surface area (TPSA) is 110 Å². The van der Waals surface area contributed by atoms with E-state index in [0.717, 1.165) is 19.0 Å². The van der Waals surface area contributed by atoms with Gasteiger partial charge in [0.2, 0.25) is 0 Å². The molecule has 1 fully saturated rings. The second-order valence-corrected chi connectivity index (χ2v) is 5.28. The van der Waals surface area contributed by atoms with Crippen LogP contribution in [0.1, 0.15) is 16.1 Å². The highest BCUT2D eigenvalue weighted by Crippen LogP contribution is 2.18. The molecular formula is C16H16N4O5. The fourth-order valence-corrected chi connectivity index (χ4v) is 2.35. The standard InChI is InChI=1S/C16H16N4O5/c21-16(12-2-1-3-13(10-12)20(22)23)18-17-11-14-4-5-15(25-14)19-6-8-24-9-7-19/h1-5,10-11H,6-9H2,(H,18,21)/b17-11+. The summed E-state index contributed by atoms with van der Waals surface area (Å²) in [5, 5.41) is 14.5. The van der Waals surface area contributed by atoms with E-state index in [0.29, 0.717) is 19.0 Å². The van der Waals surface area contributed by atoms with Gasteiger partial charge in [0.25, 0.3) is 11.6 Å². The van der Waals surface area contributed by atoms with Crippen LogP contribution in [0.2, 0.25) is 0 Å². The molecule has 130 valence electrons. The van der Waals surface area contributed by atoms with Crippen LogP contribution in [0.25, 0.3) is 0 Å². The first-order valence-corrected chi connectivity index (χ1v) is 7.64. The van der Waals surface area contributed by atoms with Crippen LogP contribution in [0, 0.1) is 10.1 Å². The van der Waals surface area contributed by atoms with Crippen LogP contribution >= 0.6 is 0 Å². The minimum atomic E-state index is -0.559. The van der Waals surface area contributed by atoms with Crippen molar-refractivity contribution in [2.24, 2.45) is 5.10 Å². The highest BCUT2D eigenvalue weighted by atomic mass is 16.6. The molecule has 1 aromatic heterocycles. The number of amides is 1. The summed E-state index contributed by atoms with van der Waals surface area (Å²) in [4.78, 5) is 24.2. The lowest BCUT2D eigenvalue weighted by molar-refractivity contribution is -0.384. The van der Waals surface area contributed by atoms with E-state index >= 15 is 0 Å². The number of anilines is 1. The van der Waals surface area contributed by atoms with Crippen LogP contribution in [-0.2, 0) is 4.74 Å². The van der Waals surface area contributed by atoms with Gasteiger partial charge in [-0.25, -0.2) is 5.43 Å². The zero-order valence-corrected chi connectivity index (χ0v) is 13.3. The minimum absolute atomic E-state index is 0.153. The SMILES string of the molecule is O=C(N/N=C/c1ccc(N2CCOCC2)o1)c1cccc([N+](=O)[O-])c1. The molecule has 9 nitrogen and oxygen atoms in total. The smallest absolute Gasteiger partial charge is 0.271 e. The number of nitrogens with zero attached hydrogens (tertiary/aromatic N) is 3. The molecule has 1 saturated heterocycles. The molecule has 1 amide bonds. The molecule has 0 atom stereocenters. The van der Waals surface area contributed by atoms with Crippen LogP contribution in [-0.4, -0.2) is 43.3 Å². The van der Waals surface area contributed by atoms with Crippen molar-refractivity contribution in [1.29, 1.82) is 0 Å². The van der Waals surface area contributed by atoms with E-state index in [2.05, 4.69) is 15.4 Å². The van der Waals surface area contributed by atoms with E-state index in [1.165, 1.54) is 30.5 Å². The first-order chi connectivity index (χ1) is 12.1. The highest BCUT2D eigenvalue weighted by molar-refractivity contribution is 5.95. The molecule has 1 aromatic carbocycles. The predicted octanol–water partition coefficient (Wildman–Crippen LogP) is 1.79. The Kier molecular flexibility index (Phi) is 5.05. The number of rotatable bonds is 5. The number of carbonyl (C=O) groups is 1. The van der Waals surface area contributed by atoms with Gasteiger partial charge < -0.3 is 14.1 Å². The number of carbonyl (C=O) groups excluding carboxylic acids is 1. The van der Waals surface area contributed by atoms with Crippen LogP contribution in [0.3, 0.4) is 0 Å². The van der Waals surface area contributed by atoms with Crippen molar-refractivity contribution in [3.05, 3.63) is 57.8 Å². The van der Waals surface area contributed by atoms with Gasteiger partial charge in [0.05, 0.1) is 24.4 Å². The second kappa shape index (κ2) is 7.58. The van der Waals surface area contributed by atoms with Gasteiger partial charge in [-0.15, -0.1) is 0 Å². The number of nitro benzene ring substituents is 1. The van der Waals surface area contributed by atoms with Crippen LogP contribution in [0.5, 0.6) is 0 Å². The average Bonchev–Trinajstić information content (AvgIpc) is 3.11. The van der Waals surface area contributed by atoms with Gasteiger partial charge in [0, 0.05) is 36.9 Å². The summed E-state index contributed by atoms with van der Waals surface area (Å²) >= 11 is 0. The molecule has 1 aliphatic heterocycles. The monoisotopic (exact) mass is 344 g/mol. The quantitative estimate of drug-likeness (QED) is 0.503. The average molecular weight is 344 g/mol. The highest BCUT2D eigenvalue weighted by Gasteiger charge is 2.14. The Balaban J connectivity index is 1.59. The lowest BCUT2D eigenvalue weighted by Crippen LogP contribution is -2.35. The predicted molar refractivity (Wildman–Crippen MR) is 89.9 cm³/mol. The molecule has 0 saturated carbocycles. The fourth-order valence-electron chi connectivity index (χ4n) is 2.35. The number of ether oxygens (including phenoxy) is 1. The first-order valence-electron chi connectivity index (χ1n) is 7.64. The molecular weight excluding hydrogens is 328 g/mol. The fraction of sp³-hybridized carbons (Fsp3) is 0.250. The van der Waals surface area contributed by atoms with Crippen LogP contribution in [0.4, 0.5) is 11.6 Å². The van der Waals surface area contributed by atoms with Crippen LogP contribution in [0.15, 0.2) is 45.9 Å². The molecule has 0 spiro atoms. The summed E-state index contributed by atoms with van der Waals surface area (Å²) in [5.41, 5.74) is 2.31. The number of hydrogen-bond donors (Lipinski definition) is 1. The zero-order valence-electron chi connectivity index (χ0n) is 13.3. The summed E-state index contributed by atoms with van der Waals surface area (Å²) in [6, 6.07) is 8.99. The van der Waals surface area contributed by atoms with Crippen molar-refractivity contribution < 1.29 is 18.9 Å². The summed E-state index contributed by atoms with van der Waals surface area (Å²) in [6.07, 6.45) is 1.37. The first kappa shape index (κ1) is 16.7.